The van der Waals surface area contributed by atoms with Crippen LogP contribution in [0.4, 0.5) is 29.7 Å². The van der Waals surface area contributed by atoms with Gasteiger partial charge in [-0.1, -0.05) is 0 Å². The van der Waals surface area contributed by atoms with E-state index in [9.17, 15) is 23.2 Å². The molecule has 0 spiro atoms. The molecule has 2 heterocycles. The van der Waals surface area contributed by atoms with Crippen molar-refractivity contribution < 1.29 is 32.6 Å². The summed E-state index contributed by atoms with van der Waals surface area (Å²) in [7, 11) is 1.24. The second-order valence-corrected chi connectivity index (χ2v) is 6.83. The van der Waals surface area contributed by atoms with E-state index in [0.717, 1.165) is 17.0 Å². The van der Waals surface area contributed by atoms with E-state index in [1.165, 1.54) is 23.9 Å². The van der Waals surface area contributed by atoms with Gasteiger partial charge in [0.15, 0.2) is 11.6 Å². The van der Waals surface area contributed by atoms with E-state index in [2.05, 4.69) is 15.5 Å². The van der Waals surface area contributed by atoms with Gasteiger partial charge in [-0.25, -0.2) is 28.8 Å². The van der Waals surface area contributed by atoms with Gasteiger partial charge in [-0.05, 0) is 0 Å². The molecule has 10 nitrogen and oxygen atoms in total. The molecule has 3 rings (SSSR count). The van der Waals surface area contributed by atoms with Crippen LogP contribution in [0.1, 0.15) is 6.92 Å². The lowest BCUT2D eigenvalue weighted by Crippen LogP contribution is -2.43. The molecule has 0 aromatic heterocycles. The normalized spacial score (nSPS) is 19.4. The number of anilines is 2. The van der Waals surface area contributed by atoms with Gasteiger partial charge < -0.3 is 19.7 Å². The Balaban J connectivity index is 1.73. The lowest BCUT2D eigenvalue weighted by atomic mass is 10.2. The third-order valence-corrected chi connectivity index (χ3v) is 4.76. The average molecular weight is 427 g/mol. The van der Waals surface area contributed by atoms with Crippen LogP contribution in [0, 0.1) is 11.6 Å². The lowest BCUT2D eigenvalue weighted by molar-refractivity contribution is -0.119. The van der Waals surface area contributed by atoms with Gasteiger partial charge in [0, 0.05) is 38.7 Å². The molecule has 0 unspecified atom stereocenters. The first-order valence-corrected chi connectivity index (χ1v) is 9.35. The van der Waals surface area contributed by atoms with E-state index < -0.39 is 29.9 Å². The summed E-state index contributed by atoms with van der Waals surface area (Å²) < 4.78 is 39.4. The summed E-state index contributed by atoms with van der Waals surface area (Å²) in [5, 5.41) is 3.77. The quantitative estimate of drug-likeness (QED) is 0.733. The molecule has 0 radical (unpaired) electrons. The summed E-state index contributed by atoms with van der Waals surface area (Å²) in [6.45, 7) is 2.37. The molecule has 2 aliphatic rings. The highest BCUT2D eigenvalue weighted by Crippen LogP contribution is 2.31. The number of halogens is 2. The highest BCUT2D eigenvalue weighted by Gasteiger charge is 2.34. The smallest absolute Gasteiger partial charge is 0.424 e. The third-order valence-electron chi connectivity index (χ3n) is 4.76. The number of nitrogens with one attached hydrogen (secondary N) is 2. The molecule has 2 saturated heterocycles. The van der Waals surface area contributed by atoms with Gasteiger partial charge in [-0.2, -0.15) is 0 Å². The SMILES string of the molecule is COC(=O)N1CCN(c2c(F)cc(N3C[C@H](CNC(C)=O)OC3=O)cc2F)CCN1. The highest BCUT2D eigenvalue weighted by atomic mass is 19.1. The van der Waals surface area contributed by atoms with Crippen LogP contribution in [0.25, 0.3) is 0 Å². The Hall–Kier alpha value is -3.15. The molecule has 0 saturated carbocycles. The predicted octanol–water partition coefficient (Wildman–Crippen LogP) is 0.819. The molecule has 0 aliphatic carbocycles. The number of carbonyl (C=O) groups excluding carboxylic acids is 3. The van der Waals surface area contributed by atoms with Gasteiger partial charge in [-0.3, -0.25) is 9.69 Å². The molecule has 0 bridgehead atoms. The van der Waals surface area contributed by atoms with Crippen molar-refractivity contribution in [3.8, 4) is 0 Å². The first-order chi connectivity index (χ1) is 14.3. The Morgan fingerprint density at radius 2 is 1.97 bits per heavy atom. The van der Waals surface area contributed by atoms with Crippen molar-refractivity contribution in [2.75, 3.05) is 56.2 Å². The third kappa shape index (κ3) is 4.70. The number of nitrogens with zero attached hydrogens (tertiary/aromatic N) is 3. The van der Waals surface area contributed by atoms with Crippen molar-refractivity contribution >= 4 is 29.5 Å². The monoisotopic (exact) mass is 427 g/mol. The minimum absolute atomic E-state index is 0.0215. The zero-order valence-electron chi connectivity index (χ0n) is 16.6. The molecule has 2 fully saturated rings. The highest BCUT2D eigenvalue weighted by molar-refractivity contribution is 5.90. The number of ether oxygens (including phenoxy) is 2. The van der Waals surface area contributed by atoms with Crippen LogP contribution in [0.3, 0.4) is 0 Å². The van der Waals surface area contributed by atoms with Crippen LogP contribution < -0.4 is 20.5 Å². The van der Waals surface area contributed by atoms with Gasteiger partial charge in [0.2, 0.25) is 5.91 Å². The van der Waals surface area contributed by atoms with Crippen LogP contribution in [-0.4, -0.2) is 75.6 Å². The maximum Gasteiger partial charge on any atom is 0.424 e. The van der Waals surface area contributed by atoms with Crippen molar-refractivity contribution in [2.24, 2.45) is 0 Å². The topological polar surface area (TPSA) is 103 Å². The van der Waals surface area contributed by atoms with Crippen molar-refractivity contribution in [1.82, 2.24) is 15.8 Å². The van der Waals surface area contributed by atoms with Crippen LogP contribution >= 0.6 is 0 Å². The first-order valence-electron chi connectivity index (χ1n) is 9.35. The van der Waals surface area contributed by atoms with Gasteiger partial charge in [0.25, 0.3) is 0 Å². The molecular formula is C18H23F2N5O5. The number of hydrogen-bond donors (Lipinski definition) is 2. The fourth-order valence-electron chi connectivity index (χ4n) is 3.33. The number of hydrogen-bond acceptors (Lipinski definition) is 7. The van der Waals surface area contributed by atoms with Crippen molar-refractivity contribution in [1.29, 1.82) is 0 Å². The summed E-state index contributed by atoms with van der Waals surface area (Å²) >= 11 is 0. The van der Waals surface area contributed by atoms with Crippen molar-refractivity contribution in [2.45, 2.75) is 13.0 Å². The number of rotatable bonds is 4. The predicted molar refractivity (Wildman–Crippen MR) is 102 cm³/mol. The second-order valence-electron chi connectivity index (χ2n) is 6.83. The zero-order valence-corrected chi connectivity index (χ0v) is 16.6. The molecule has 1 aromatic carbocycles. The van der Waals surface area contributed by atoms with E-state index in [0.29, 0.717) is 0 Å². The maximum atomic E-state index is 14.8. The van der Waals surface area contributed by atoms with Gasteiger partial charge in [-0.15, -0.1) is 0 Å². The average Bonchev–Trinajstić information content (AvgIpc) is 2.90. The number of benzene rings is 1. The van der Waals surface area contributed by atoms with Gasteiger partial charge in [0.05, 0.1) is 32.4 Å². The number of methoxy groups -OCH3 is 1. The number of carbonyl (C=O) groups is 3. The Kier molecular flexibility index (Phi) is 6.55. The number of cyclic esters (lactones) is 1. The minimum atomic E-state index is -0.838. The van der Waals surface area contributed by atoms with Crippen LogP contribution in [-0.2, 0) is 14.3 Å². The molecular weight excluding hydrogens is 404 g/mol. The Morgan fingerprint density at radius 1 is 1.27 bits per heavy atom. The fraction of sp³-hybridized carbons (Fsp3) is 0.500. The van der Waals surface area contributed by atoms with Crippen molar-refractivity contribution in [3.63, 3.8) is 0 Å². The molecule has 2 aliphatic heterocycles. The Bertz CT molecular complexity index is 816. The summed E-state index contributed by atoms with van der Waals surface area (Å²) in [5.41, 5.74) is 2.61. The first kappa shape index (κ1) is 21.6. The van der Waals surface area contributed by atoms with Crippen LogP contribution in [0.2, 0.25) is 0 Å². The molecule has 2 N–H and O–H groups in total. The molecule has 3 amide bonds. The lowest BCUT2D eigenvalue weighted by Gasteiger charge is -2.24. The van der Waals surface area contributed by atoms with Crippen molar-refractivity contribution in [3.05, 3.63) is 23.8 Å². The van der Waals surface area contributed by atoms with E-state index in [1.54, 1.807) is 0 Å². The van der Waals surface area contributed by atoms with Gasteiger partial charge in [0.1, 0.15) is 11.8 Å². The van der Waals surface area contributed by atoms with E-state index in [4.69, 9.17) is 4.74 Å². The summed E-state index contributed by atoms with van der Waals surface area (Å²) in [6, 6.07) is 2.13. The summed E-state index contributed by atoms with van der Waals surface area (Å²) in [5.74, 6) is -1.95. The Morgan fingerprint density at radius 3 is 2.60 bits per heavy atom. The maximum absolute atomic E-state index is 14.8. The van der Waals surface area contributed by atoms with Gasteiger partial charge >= 0.3 is 12.2 Å². The summed E-state index contributed by atoms with van der Waals surface area (Å²) in [6.07, 6.45) is -1.95. The van der Waals surface area contributed by atoms with Crippen LogP contribution in [0.5, 0.6) is 0 Å². The van der Waals surface area contributed by atoms with Crippen LogP contribution in [0.15, 0.2) is 12.1 Å². The van der Waals surface area contributed by atoms with E-state index in [1.807, 2.05) is 0 Å². The zero-order chi connectivity index (χ0) is 21.8. The molecule has 1 atom stereocenters. The number of amides is 3. The second kappa shape index (κ2) is 9.11. The molecule has 30 heavy (non-hydrogen) atoms. The Labute approximate surface area is 171 Å². The molecule has 164 valence electrons. The van der Waals surface area contributed by atoms with E-state index >= 15 is 0 Å². The summed E-state index contributed by atoms with van der Waals surface area (Å²) in [4.78, 5) is 37.3. The molecule has 1 aromatic rings. The standard InChI is InChI=1S/C18H23F2N5O5/c1-11(26)21-9-13-10-24(17(27)30-13)12-7-14(19)16(15(20)8-12)23-4-3-22-25(6-5-23)18(28)29-2/h7-8,13,22H,3-6,9-10H2,1-2H3,(H,21,26)/t13-/m0/s1. The minimum Gasteiger partial charge on any atom is -0.452 e. The largest absolute Gasteiger partial charge is 0.452 e. The van der Waals surface area contributed by atoms with E-state index in [-0.39, 0.29) is 56.6 Å². The number of hydrazine groups is 1. The molecule has 12 heteroatoms. The fourth-order valence-corrected chi connectivity index (χ4v) is 3.33.